The minimum atomic E-state index is -1.11. The number of carboxylic acid groups (broad SMARTS) is 1. The van der Waals surface area contributed by atoms with Crippen LogP contribution in [0.5, 0.6) is 0 Å². The van der Waals surface area contributed by atoms with Crippen molar-refractivity contribution in [2.24, 2.45) is 0 Å². The number of carbonyl (C=O) groups is 2. The largest absolute Gasteiger partial charge is 0.480 e. The second kappa shape index (κ2) is 8.46. The molecule has 0 fully saturated rings. The number of nitrogens with one attached hydrogen (secondary N) is 2. The van der Waals surface area contributed by atoms with Crippen LogP contribution in [0.2, 0.25) is 0 Å². The average Bonchev–Trinajstić information content (AvgIpc) is 3.35. The van der Waals surface area contributed by atoms with Crippen molar-refractivity contribution >= 4 is 34.1 Å². The van der Waals surface area contributed by atoms with Gasteiger partial charge in [0, 0.05) is 34.5 Å². The zero-order chi connectivity index (χ0) is 21.1. The number of aromatic nitrogens is 2. The number of thiazole rings is 1. The first-order valence-electron chi connectivity index (χ1n) is 9.27. The van der Waals surface area contributed by atoms with Gasteiger partial charge in [-0.1, -0.05) is 30.3 Å². The lowest BCUT2D eigenvalue weighted by Gasteiger charge is -2.14. The predicted octanol–water partition coefficient (Wildman–Crippen LogP) is 3.79. The maximum atomic E-state index is 13.9. The van der Waals surface area contributed by atoms with Crippen LogP contribution < -0.4 is 5.32 Å². The Morgan fingerprint density at radius 2 is 1.93 bits per heavy atom. The van der Waals surface area contributed by atoms with Crippen molar-refractivity contribution in [3.05, 3.63) is 77.2 Å². The highest BCUT2D eigenvalue weighted by Gasteiger charge is 2.22. The van der Waals surface area contributed by atoms with E-state index < -0.39 is 17.9 Å². The Morgan fingerprint density at radius 3 is 2.73 bits per heavy atom. The van der Waals surface area contributed by atoms with E-state index in [0.29, 0.717) is 16.3 Å². The van der Waals surface area contributed by atoms with Crippen LogP contribution in [0, 0.1) is 5.82 Å². The number of fused-ring (bicyclic) bond motifs is 1. The molecule has 1 atom stereocenters. The van der Waals surface area contributed by atoms with Gasteiger partial charge in [-0.3, -0.25) is 4.79 Å². The minimum Gasteiger partial charge on any atom is -0.480 e. The van der Waals surface area contributed by atoms with Gasteiger partial charge < -0.3 is 15.4 Å². The molecule has 3 N–H and O–H groups in total. The molecular weight excluding hydrogens is 405 g/mol. The molecule has 152 valence electrons. The molecule has 6 nitrogen and oxygen atoms in total. The van der Waals surface area contributed by atoms with Crippen LogP contribution in [-0.4, -0.2) is 33.0 Å². The zero-order valence-corrected chi connectivity index (χ0v) is 16.6. The fourth-order valence-electron chi connectivity index (χ4n) is 3.28. The average molecular weight is 423 g/mol. The van der Waals surface area contributed by atoms with E-state index in [0.717, 1.165) is 16.5 Å². The molecule has 4 rings (SSSR count). The van der Waals surface area contributed by atoms with E-state index in [9.17, 15) is 19.1 Å². The summed E-state index contributed by atoms with van der Waals surface area (Å²) in [6, 6.07) is 12.8. The predicted molar refractivity (Wildman–Crippen MR) is 113 cm³/mol. The Morgan fingerprint density at radius 1 is 1.17 bits per heavy atom. The number of hydrogen-bond donors (Lipinski definition) is 3. The van der Waals surface area contributed by atoms with Crippen molar-refractivity contribution in [2.45, 2.75) is 18.9 Å². The van der Waals surface area contributed by atoms with Crippen molar-refractivity contribution in [3.63, 3.8) is 0 Å². The summed E-state index contributed by atoms with van der Waals surface area (Å²) in [5, 5.41) is 15.2. The van der Waals surface area contributed by atoms with Gasteiger partial charge in [-0.15, -0.1) is 11.3 Å². The number of para-hydroxylation sites is 1. The molecule has 0 aliphatic heterocycles. The number of benzene rings is 2. The van der Waals surface area contributed by atoms with E-state index in [2.05, 4.69) is 15.3 Å². The zero-order valence-electron chi connectivity index (χ0n) is 15.8. The number of rotatable bonds is 7. The van der Waals surface area contributed by atoms with E-state index >= 15 is 0 Å². The van der Waals surface area contributed by atoms with Gasteiger partial charge in [0.15, 0.2) is 0 Å². The van der Waals surface area contributed by atoms with Crippen molar-refractivity contribution in [1.82, 2.24) is 15.3 Å². The van der Waals surface area contributed by atoms with Crippen molar-refractivity contribution in [2.75, 3.05) is 0 Å². The third-order valence-electron chi connectivity index (χ3n) is 4.73. The summed E-state index contributed by atoms with van der Waals surface area (Å²) in [7, 11) is 0. The van der Waals surface area contributed by atoms with Gasteiger partial charge in [0.25, 0.3) is 0 Å². The molecule has 0 aliphatic carbocycles. The first kappa shape index (κ1) is 19.8. The fourth-order valence-corrected chi connectivity index (χ4v) is 4.12. The smallest absolute Gasteiger partial charge is 0.326 e. The van der Waals surface area contributed by atoms with Gasteiger partial charge in [0.2, 0.25) is 5.91 Å². The van der Waals surface area contributed by atoms with Crippen molar-refractivity contribution < 1.29 is 19.1 Å². The van der Waals surface area contributed by atoms with E-state index in [4.69, 9.17) is 0 Å². The SMILES string of the molecule is O=C(Cc1csc(-c2ccccc2F)n1)N[C@@H](Cc1c[nH]c2ccccc12)C(=O)O. The number of carboxylic acids is 1. The van der Waals surface area contributed by atoms with Crippen molar-refractivity contribution in [3.8, 4) is 10.6 Å². The Hall–Kier alpha value is -3.52. The first-order chi connectivity index (χ1) is 14.5. The maximum Gasteiger partial charge on any atom is 0.326 e. The molecule has 4 aromatic rings. The normalized spacial score (nSPS) is 12.0. The number of H-pyrrole nitrogens is 1. The molecule has 2 aromatic heterocycles. The highest BCUT2D eigenvalue weighted by atomic mass is 32.1. The molecule has 0 spiro atoms. The topological polar surface area (TPSA) is 95.1 Å². The first-order valence-corrected chi connectivity index (χ1v) is 10.2. The van der Waals surface area contributed by atoms with Crippen LogP contribution in [0.15, 0.2) is 60.1 Å². The third-order valence-corrected chi connectivity index (χ3v) is 5.65. The van der Waals surface area contributed by atoms with Gasteiger partial charge in [-0.25, -0.2) is 14.2 Å². The quantitative estimate of drug-likeness (QED) is 0.422. The number of aliphatic carboxylic acids is 1. The summed E-state index contributed by atoms with van der Waals surface area (Å²) < 4.78 is 13.9. The van der Waals surface area contributed by atoms with Gasteiger partial charge in [0.1, 0.15) is 16.9 Å². The molecule has 0 saturated carbocycles. The lowest BCUT2D eigenvalue weighted by molar-refractivity contribution is -0.141. The van der Waals surface area contributed by atoms with Crippen LogP contribution in [0.25, 0.3) is 21.5 Å². The Balaban J connectivity index is 1.44. The lowest BCUT2D eigenvalue weighted by atomic mass is 10.0. The summed E-state index contributed by atoms with van der Waals surface area (Å²) in [4.78, 5) is 31.6. The number of nitrogens with zero attached hydrogens (tertiary/aromatic N) is 1. The Kier molecular flexibility index (Phi) is 5.58. The van der Waals surface area contributed by atoms with E-state index in [-0.39, 0.29) is 18.7 Å². The van der Waals surface area contributed by atoms with Gasteiger partial charge in [0.05, 0.1) is 12.1 Å². The van der Waals surface area contributed by atoms with E-state index in [1.807, 2.05) is 24.3 Å². The monoisotopic (exact) mass is 423 g/mol. The van der Waals surface area contributed by atoms with E-state index in [1.54, 1.807) is 29.8 Å². The summed E-state index contributed by atoms with van der Waals surface area (Å²) >= 11 is 1.24. The van der Waals surface area contributed by atoms with E-state index in [1.165, 1.54) is 17.4 Å². The summed E-state index contributed by atoms with van der Waals surface area (Å²) in [6.45, 7) is 0. The third kappa shape index (κ3) is 4.23. The van der Waals surface area contributed by atoms with Crippen LogP contribution in [0.4, 0.5) is 4.39 Å². The minimum absolute atomic E-state index is 0.0807. The molecular formula is C22H18FN3O3S. The molecule has 30 heavy (non-hydrogen) atoms. The molecule has 0 bridgehead atoms. The second-order valence-corrected chi connectivity index (χ2v) is 7.68. The highest BCUT2D eigenvalue weighted by molar-refractivity contribution is 7.13. The molecule has 0 unspecified atom stereocenters. The Bertz CT molecular complexity index is 1220. The van der Waals surface area contributed by atoms with Crippen LogP contribution >= 0.6 is 11.3 Å². The van der Waals surface area contributed by atoms with Crippen LogP contribution in [-0.2, 0) is 22.4 Å². The number of halogens is 1. The molecule has 0 saturated heterocycles. The fraction of sp³-hybridized carbons (Fsp3) is 0.136. The second-order valence-electron chi connectivity index (χ2n) is 6.82. The summed E-state index contributed by atoms with van der Waals surface area (Å²) in [5.74, 6) is -1.95. The molecule has 2 heterocycles. The standard InChI is InChI=1S/C22H18FN3O3S/c23-17-7-3-1-6-16(17)21-25-14(12-30-21)10-20(27)26-19(22(28)29)9-13-11-24-18-8-4-2-5-15(13)18/h1-8,11-12,19,24H,9-10H2,(H,26,27)(H,28,29)/t19-/m0/s1. The van der Waals surface area contributed by atoms with Gasteiger partial charge in [-0.2, -0.15) is 0 Å². The molecule has 1 amide bonds. The number of carbonyl (C=O) groups excluding carboxylic acids is 1. The van der Waals surface area contributed by atoms with Crippen LogP contribution in [0.3, 0.4) is 0 Å². The summed E-state index contributed by atoms with van der Waals surface area (Å²) in [5.41, 5.74) is 2.56. The van der Waals surface area contributed by atoms with Gasteiger partial charge >= 0.3 is 5.97 Å². The molecule has 8 heteroatoms. The molecule has 0 aliphatic rings. The highest BCUT2D eigenvalue weighted by Crippen LogP contribution is 2.26. The number of amides is 1. The number of aromatic amines is 1. The maximum absolute atomic E-state index is 13.9. The number of hydrogen-bond acceptors (Lipinski definition) is 4. The van der Waals surface area contributed by atoms with Crippen molar-refractivity contribution in [1.29, 1.82) is 0 Å². The lowest BCUT2D eigenvalue weighted by Crippen LogP contribution is -2.43. The molecule has 0 radical (unpaired) electrons. The van der Waals surface area contributed by atoms with Gasteiger partial charge in [-0.05, 0) is 23.8 Å². The summed E-state index contributed by atoms with van der Waals surface area (Å²) in [6.07, 6.45) is 1.83. The molecule has 2 aromatic carbocycles. The Labute approximate surface area is 175 Å². The van der Waals surface area contributed by atoms with Crippen LogP contribution in [0.1, 0.15) is 11.3 Å².